The van der Waals surface area contributed by atoms with Crippen LogP contribution in [0, 0.1) is 23.7 Å². The number of aryl methyl sites for hydroxylation is 1. The van der Waals surface area contributed by atoms with Gasteiger partial charge in [0.25, 0.3) is 5.91 Å². The van der Waals surface area contributed by atoms with E-state index in [9.17, 15) is 21.6 Å². The predicted octanol–water partition coefficient (Wildman–Crippen LogP) is 2.21. The van der Waals surface area contributed by atoms with Crippen LogP contribution in [-0.2, 0) is 20.0 Å². The molecule has 1 N–H and O–H groups in total. The molecule has 2 aliphatic carbocycles. The molecule has 1 aromatic rings. The third kappa shape index (κ3) is 4.24. The molecule has 0 spiro atoms. The Labute approximate surface area is 197 Å². The van der Waals surface area contributed by atoms with Crippen LogP contribution in [-0.4, -0.2) is 69.8 Å². The van der Waals surface area contributed by atoms with Crippen molar-refractivity contribution in [2.75, 3.05) is 32.4 Å². The van der Waals surface area contributed by atoms with Gasteiger partial charge in [0, 0.05) is 37.8 Å². The highest BCUT2D eigenvalue weighted by molar-refractivity contribution is 7.89. The Bertz CT molecular complexity index is 1170. The zero-order valence-electron chi connectivity index (χ0n) is 20.1. The molecule has 3 atom stereocenters. The molecule has 4 rings (SSSR count). The van der Waals surface area contributed by atoms with Crippen LogP contribution in [0.3, 0.4) is 0 Å². The molecule has 1 aliphatic heterocycles. The summed E-state index contributed by atoms with van der Waals surface area (Å²) in [5.41, 5.74) is 0.963. The first-order valence-electron chi connectivity index (χ1n) is 11.5. The lowest BCUT2D eigenvalue weighted by atomic mass is 9.68. The first-order chi connectivity index (χ1) is 15.2. The lowest BCUT2D eigenvalue weighted by Crippen LogP contribution is -2.52. The average Bonchev–Trinajstić information content (AvgIpc) is 3.21. The van der Waals surface area contributed by atoms with E-state index in [-0.39, 0.29) is 53.9 Å². The molecule has 1 heterocycles. The summed E-state index contributed by atoms with van der Waals surface area (Å²) in [5, 5.41) is 3.24. The molecule has 184 valence electrons. The number of fused-ring (bicyclic) bond motifs is 2. The molecule has 1 amide bonds. The molecule has 10 heteroatoms. The van der Waals surface area contributed by atoms with E-state index in [2.05, 4.69) is 26.1 Å². The summed E-state index contributed by atoms with van der Waals surface area (Å²) in [6, 6.07) is 4.85. The Hall–Kier alpha value is -1.49. The number of sulfonamides is 2. The van der Waals surface area contributed by atoms with Crippen LogP contribution in [0.5, 0.6) is 0 Å². The van der Waals surface area contributed by atoms with E-state index in [0.29, 0.717) is 17.0 Å². The SMILES string of the molecule is Cc1ccc(C(=O)NC2C(C)(C)[C@@H]3CC[C@]2(C)C3)cc1S(=O)(=O)N1CCN(S(C)(=O)=O)CC1. The summed E-state index contributed by atoms with van der Waals surface area (Å²) in [7, 11) is -7.21. The average molecular weight is 498 g/mol. The molecule has 8 nitrogen and oxygen atoms in total. The fraction of sp³-hybridized carbons (Fsp3) is 0.696. The molecule has 1 saturated heterocycles. The number of piperazine rings is 1. The van der Waals surface area contributed by atoms with Gasteiger partial charge in [-0.15, -0.1) is 0 Å². The molecule has 1 unspecified atom stereocenters. The van der Waals surface area contributed by atoms with Gasteiger partial charge in [0.15, 0.2) is 0 Å². The number of benzene rings is 1. The zero-order valence-corrected chi connectivity index (χ0v) is 21.7. The van der Waals surface area contributed by atoms with Crippen LogP contribution in [0.1, 0.15) is 56.0 Å². The fourth-order valence-corrected chi connectivity index (χ4v) is 8.78. The monoisotopic (exact) mass is 497 g/mol. The van der Waals surface area contributed by atoms with Gasteiger partial charge in [-0.3, -0.25) is 4.79 Å². The van der Waals surface area contributed by atoms with Gasteiger partial charge in [-0.25, -0.2) is 16.8 Å². The minimum atomic E-state index is -3.86. The van der Waals surface area contributed by atoms with Crippen molar-refractivity contribution >= 4 is 26.0 Å². The second-order valence-electron chi connectivity index (χ2n) is 10.9. The minimum absolute atomic E-state index is 0.00154. The molecular formula is C23H35N3O5S2. The van der Waals surface area contributed by atoms with Crippen molar-refractivity contribution in [3.63, 3.8) is 0 Å². The largest absolute Gasteiger partial charge is 0.348 e. The lowest BCUT2D eigenvalue weighted by Gasteiger charge is -2.43. The smallest absolute Gasteiger partial charge is 0.251 e. The van der Waals surface area contributed by atoms with Crippen molar-refractivity contribution in [3.8, 4) is 0 Å². The maximum absolute atomic E-state index is 13.4. The maximum Gasteiger partial charge on any atom is 0.251 e. The van der Waals surface area contributed by atoms with Gasteiger partial charge in [0.2, 0.25) is 20.0 Å². The zero-order chi connectivity index (χ0) is 24.4. The molecule has 33 heavy (non-hydrogen) atoms. The quantitative estimate of drug-likeness (QED) is 0.672. The van der Waals surface area contributed by atoms with Gasteiger partial charge in [0.05, 0.1) is 11.2 Å². The summed E-state index contributed by atoms with van der Waals surface area (Å²) in [6.07, 6.45) is 4.52. The number of amides is 1. The van der Waals surface area contributed by atoms with Crippen molar-refractivity contribution in [1.82, 2.24) is 13.9 Å². The van der Waals surface area contributed by atoms with Crippen molar-refractivity contribution in [2.45, 2.75) is 57.9 Å². The number of nitrogens with one attached hydrogen (secondary N) is 1. The highest BCUT2D eigenvalue weighted by atomic mass is 32.2. The number of hydrogen-bond donors (Lipinski definition) is 1. The summed E-state index contributed by atoms with van der Waals surface area (Å²) >= 11 is 0. The van der Waals surface area contributed by atoms with Gasteiger partial charge in [-0.1, -0.05) is 26.8 Å². The molecule has 2 saturated carbocycles. The van der Waals surface area contributed by atoms with Crippen molar-refractivity contribution < 1.29 is 21.6 Å². The third-order valence-electron chi connectivity index (χ3n) is 8.28. The molecule has 1 aromatic carbocycles. The molecule has 2 bridgehead atoms. The normalized spacial score (nSPS) is 30.5. The summed E-state index contributed by atoms with van der Waals surface area (Å²) in [4.78, 5) is 13.3. The van der Waals surface area contributed by atoms with Gasteiger partial charge in [-0.2, -0.15) is 8.61 Å². The number of hydrogen-bond acceptors (Lipinski definition) is 5. The Morgan fingerprint density at radius 3 is 2.18 bits per heavy atom. The van der Waals surface area contributed by atoms with Crippen molar-refractivity contribution in [1.29, 1.82) is 0 Å². The Morgan fingerprint density at radius 2 is 1.64 bits per heavy atom. The lowest BCUT2D eigenvalue weighted by molar-refractivity contribution is 0.0737. The molecule has 3 aliphatic rings. The van der Waals surface area contributed by atoms with Crippen molar-refractivity contribution in [3.05, 3.63) is 29.3 Å². The first kappa shape index (κ1) is 24.6. The second kappa shape index (κ2) is 8.03. The fourth-order valence-electron chi connectivity index (χ4n) is 6.28. The van der Waals surface area contributed by atoms with E-state index in [1.807, 2.05) is 0 Å². The topological polar surface area (TPSA) is 104 Å². The van der Waals surface area contributed by atoms with E-state index in [1.165, 1.54) is 21.1 Å². The minimum Gasteiger partial charge on any atom is -0.348 e. The van der Waals surface area contributed by atoms with Gasteiger partial charge < -0.3 is 5.32 Å². The summed E-state index contributed by atoms with van der Waals surface area (Å²) < 4.78 is 52.8. The van der Waals surface area contributed by atoms with Crippen LogP contribution in [0.25, 0.3) is 0 Å². The van der Waals surface area contributed by atoms with Crippen molar-refractivity contribution in [2.24, 2.45) is 16.7 Å². The highest BCUT2D eigenvalue weighted by Crippen LogP contribution is 2.62. The standard InChI is InChI=1S/C23H35N3O5S2/c1-16-6-7-17(20(27)24-21-22(2,3)18-8-9-23(21,4)15-18)14-19(16)33(30,31)26-12-10-25(11-13-26)32(5,28)29/h6-7,14,18,21H,8-13,15H2,1-5H3,(H,24,27)/t18-,21?,23-/m1/s1. The molecular weight excluding hydrogens is 462 g/mol. The molecule has 0 radical (unpaired) electrons. The maximum atomic E-state index is 13.4. The molecule has 0 aromatic heterocycles. The Morgan fingerprint density at radius 1 is 1.03 bits per heavy atom. The van der Waals surface area contributed by atoms with Crippen LogP contribution in [0.15, 0.2) is 23.1 Å². The second-order valence-corrected chi connectivity index (χ2v) is 14.8. The predicted molar refractivity (Wildman–Crippen MR) is 127 cm³/mol. The summed E-state index contributed by atoms with van der Waals surface area (Å²) in [6.45, 7) is 8.79. The number of carbonyl (C=O) groups excluding carboxylic acids is 1. The first-order valence-corrected chi connectivity index (χ1v) is 14.8. The highest BCUT2D eigenvalue weighted by Gasteiger charge is 2.59. The van der Waals surface area contributed by atoms with Crippen LogP contribution in [0.4, 0.5) is 0 Å². The van der Waals surface area contributed by atoms with E-state index in [0.717, 1.165) is 19.1 Å². The van der Waals surface area contributed by atoms with Crippen LogP contribution >= 0.6 is 0 Å². The van der Waals surface area contributed by atoms with Gasteiger partial charge in [0.1, 0.15) is 0 Å². The van der Waals surface area contributed by atoms with Gasteiger partial charge >= 0.3 is 0 Å². The molecule has 3 fully saturated rings. The third-order valence-corrected chi connectivity index (χ3v) is 11.6. The van der Waals surface area contributed by atoms with Gasteiger partial charge in [-0.05, 0) is 60.6 Å². The van der Waals surface area contributed by atoms with E-state index in [4.69, 9.17) is 0 Å². The summed E-state index contributed by atoms with van der Waals surface area (Å²) in [5.74, 6) is 0.340. The van der Waals surface area contributed by atoms with E-state index >= 15 is 0 Å². The Balaban J connectivity index is 1.55. The number of nitrogens with zero attached hydrogens (tertiary/aromatic N) is 2. The van der Waals surface area contributed by atoms with Crippen LogP contribution < -0.4 is 5.32 Å². The number of carbonyl (C=O) groups is 1. The van der Waals surface area contributed by atoms with E-state index in [1.54, 1.807) is 19.1 Å². The van der Waals surface area contributed by atoms with E-state index < -0.39 is 20.0 Å². The van der Waals surface area contributed by atoms with Crippen LogP contribution in [0.2, 0.25) is 0 Å². The number of rotatable bonds is 5. The Kier molecular flexibility index (Phi) is 6.00.